The van der Waals surface area contributed by atoms with Gasteiger partial charge in [0.1, 0.15) is 5.82 Å². The van der Waals surface area contributed by atoms with E-state index in [1.165, 1.54) is 4.57 Å². The van der Waals surface area contributed by atoms with Gasteiger partial charge in [0, 0.05) is 42.8 Å². The highest BCUT2D eigenvalue weighted by molar-refractivity contribution is 5.94. The van der Waals surface area contributed by atoms with Crippen LogP contribution in [-0.4, -0.2) is 53.7 Å². The van der Waals surface area contributed by atoms with Crippen LogP contribution in [0, 0.1) is 18.8 Å². The normalized spacial score (nSPS) is 15.0. The maximum atomic E-state index is 14.0. The average molecular weight is 577 g/mol. The van der Waals surface area contributed by atoms with Gasteiger partial charge in [0.25, 0.3) is 11.5 Å². The fraction of sp³-hybridized carbons (Fsp3) is 0.312. The molecule has 2 aromatic carbocycles. The minimum Gasteiger partial charge on any atom is -0.348 e. The van der Waals surface area contributed by atoms with Gasteiger partial charge in [-0.2, -0.15) is 4.98 Å². The molecule has 0 aliphatic carbocycles. The fourth-order valence-electron chi connectivity index (χ4n) is 5.69. The van der Waals surface area contributed by atoms with E-state index in [0.29, 0.717) is 30.4 Å². The number of nitrogens with zero attached hydrogens (tertiary/aromatic N) is 7. The van der Waals surface area contributed by atoms with E-state index in [1.54, 1.807) is 30.7 Å². The summed E-state index contributed by atoms with van der Waals surface area (Å²) in [6.45, 7) is 4.96. The summed E-state index contributed by atoms with van der Waals surface area (Å²) in [5, 5.41) is 4.06. The van der Waals surface area contributed by atoms with Gasteiger partial charge < -0.3 is 10.2 Å². The Morgan fingerprint density at radius 3 is 2.58 bits per heavy atom. The van der Waals surface area contributed by atoms with Crippen molar-refractivity contribution in [2.45, 2.75) is 45.8 Å². The molecule has 11 heteroatoms. The zero-order valence-electron chi connectivity index (χ0n) is 24.4. The summed E-state index contributed by atoms with van der Waals surface area (Å²) in [6.07, 6.45) is 1.64. The Morgan fingerprint density at radius 1 is 1.02 bits per heavy atom. The van der Waals surface area contributed by atoms with Gasteiger partial charge in [-0.3, -0.25) is 23.3 Å². The molecule has 0 radical (unpaired) electrons. The second-order valence-electron chi connectivity index (χ2n) is 10.7. The number of imidazole rings is 1. The Labute approximate surface area is 247 Å². The second kappa shape index (κ2) is 11.6. The van der Waals surface area contributed by atoms with Gasteiger partial charge in [0.15, 0.2) is 11.2 Å². The molecule has 0 spiro atoms. The van der Waals surface area contributed by atoms with Crippen LogP contribution in [0.4, 0.5) is 5.95 Å². The van der Waals surface area contributed by atoms with E-state index in [1.807, 2.05) is 49.4 Å². The third-order valence-electron chi connectivity index (χ3n) is 7.84. The zero-order chi connectivity index (χ0) is 30.1. The minimum atomic E-state index is -0.503. The van der Waals surface area contributed by atoms with Crippen molar-refractivity contribution >= 4 is 33.9 Å². The largest absolute Gasteiger partial charge is 0.348 e. The number of carbonyl (C=O) groups excluding carboxylic acids is 1. The monoisotopic (exact) mass is 576 g/mol. The Bertz CT molecular complexity index is 2030. The zero-order valence-corrected chi connectivity index (χ0v) is 24.4. The van der Waals surface area contributed by atoms with Crippen LogP contribution in [0.1, 0.15) is 41.6 Å². The van der Waals surface area contributed by atoms with E-state index >= 15 is 0 Å². The molecule has 3 aromatic heterocycles. The molecule has 0 bridgehead atoms. The molecule has 0 saturated carbocycles. The Kier molecular flexibility index (Phi) is 7.50. The van der Waals surface area contributed by atoms with Crippen LogP contribution in [-0.2, 0) is 20.1 Å². The van der Waals surface area contributed by atoms with Crippen molar-refractivity contribution in [1.82, 2.24) is 34.0 Å². The molecule has 43 heavy (non-hydrogen) atoms. The maximum absolute atomic E-state index is 14.0. The minimum absolute atomic E-state index is 0.0790. The first-order chi connectivity index (χ1) is 20.9. The topological polar surface area (TPSA) is 120 Å². The third-order valence-corrected chi connectivity index (χ3v) is 7.84. The predicted octanol–water partition coefficient (Wildman–Crippen LogP) is 2.62. The van der Waals surface area contributed by atoms with Crippen molar-refractivity contribution in [2.75, 3.05) is 18.0 Å². The number of piperidine rings is 1. The van der Waals surface area contributed by atoms with Crippen LogP contribution in [0.5, 0.6) is 0 Å². The molecule has 6 rings (SSSR count). The van der Waals surface area contributed by atoms with Gasteiger partial charge in [-0.1, -0.05) is 42.3 Å². The van der Waals surface area contributed by atoms with Crippen molar-refractivity contribution in [3.05, 3.63) is 92.5 Å². The lowest BCUT2D eigenvalue weighted by atomic mass is 10.1. The lowest BCUT2D eigenvalue weighted by Gasteiger charge is -2.34. The van der Waals surface area contributed by atoms with Crippen LogP contribution in [0.2, 0.25) is 0 Å². The number of aryl methyl sites for hydroxylation is 2. The Hall–Kier alpha value is -5.24. The van der Waals surface area contributed by atoms with Gasteiger partial charge in [0.2, 0.25) is 5.95 Å². The van der Waals surface area contributed by atoms with Gasteiger partial charge >= 0.3 is 5.69 Å². The molecule has 11 nitrogen and oxygen atoms in total. The number of hydrogen-bond acceptors (Lipinski definition) is 7. The van der Waals surface area contributed by atoms with Crippen molar-refractivity contribution in [2.24, 2.45) is 7.05 Å². The lowest BCUT2D eigenvalue weighted by molar-refractivity contribution is 0.0933. The van der Waals surface area contributed by atoms with E-state index < -0.39 is 11.2 Å². The highest BCUT2D eigenvalue weighted by Gasteiger charge is 2.28. The molecular weight excluding hydrogens is 544 g/mol. The highest BCUT2D eigenvalue weighted by Crippen LogP contribution is 2.24. The first-order valence-corrected chi connectivity index (χ1v) is 14.3. The van der Waals surface area contributed by atoms with Gasteiger partial charge in [-0.15, -0.1) is 5.92 Å². The molecule has 0 unspecified atom stereocenters. The van der Waals surface area contributed by atoms with Gasteiger partial charge in [0.05, 0.1) is 18.6 Å². The van der Waals surface area contributed by atoms with E-state index in [2.05, 4.69) is 32.0 Å². The number of carbonyl (C=O) groups is 1. The number of rotatable bonds is 6. The number of amides is 1. The predicted molar refractivity (Wildman–Crippen MR) is 165 cm³/mol. The summed E-state index contributed by atoms with van der Waals surface area (Å²) < 4.78 is 4.33. The van der Waals surface area contributed by atoms with E-state index in [4.69, 9.17) is 4.98 Å². The standard InChI is InChI=1S/C32H32N8O3/c1-4-5-18-39-27-28(36-31(39)38-17-11-14-23(19-38)34-29(41)22-12-7-6-8-13-22)37(3)32(43)40(30(27)42)20-26-33-21(2)24-15-9-10-16-25(24)35-26/h6-10,12-13,15-16,23H,11,14,17-20H2,1-3H3,(H,34,41)/t23-/m1/s1. The van der Waals surface area contributed by atoms with Gasteiger partial charge in [-0.25, -0.2) is 14.8 Å². The van der Waals surface area contributed by atoms with Crippen molar-refractivity contribution in [1.29, 1.82) is 0 Å². The quantitative estimate of drug-likeness (QED) is 0.309. The molecule has 5 aromatic rings. The fourth-order valence-corrected chi connectivity index (χ4v) is 5.69. The first-order valence-electron chi connectivity index (χ1n) is 14.3. The maximum Gasteiger partial charge on any atom is 0.332 e. The molecule has 1 amide bonds. The number of para-hydroxylation sites is 1. The van der Waals surface area contributed by atoms with Crippen LogP contribution in [0.25, 0.3) is 22.1 Å². The molecular formula is C32H32N8O3. The molecule has 4 heterocycles. The van der Waals surface area contributed by atoms with E-state index in [0.717, 1.165) is 34.0 Å². The van der Waals surface area contributed by atoms with Crippen LogP contribution >= 0.6 is 0 Å². The van der Waals surface area contributed by atoms with Crippen LogP contribution in [0.3, 0.4) is 0 Å². The van der Waals surface area contributed by atoms with Gasteiger partial charge in [-0.05, 0) is 44.9 Å². The number of aromatic nitrogens is 6. The number of anilines is 1. The summed E-state index contributed by atoms with van der Waals surface area (Å²) in [5.41, 5.74) is 1.72. The smallest absolute Gasteiger partial charge is 0.332 e. The molecule has 1 aliphatic rings. The molecule has 1 fully saturated rings. The highest BCUT2D eigenvalue weighted by atomic mass is 16.2. The summed E-state index contributed by atoms with van der Waals surface area (Å²) >= 11 is 0. The van der Waals surface area contributed by atoms with E-state index in [-0.39, 0.29) is 36.2 Å². The average Bonchev–Trinajstić information content (AvgIpc) is 3.41. The molecule has 1 N–H and O–H groups in total. The van der Waals surface area contributed by atoms with Crippen molar-refractivity contribution < 1.29 is 4.79 Å². The lowest BCUT2D eigenvalue weighted by Crippen LogP contribution is -2.48. The number of nitrogens with one attached hydrogen (secondary N) is 1. The molecule has 218 valence electrons. The Morgan fingerprint density at radius 2 is 1.79 bits per heavy atom. The Balaban J connectivity index is 1.39. The summed E-state index contributed by atoms with van der Waals surface area (Å²) in [7, 11) is 1.61. The SMILES string of the molecule is CC#CCn1c(N2CCC[C@@H](NC(=O)c3ccccc3)C2)nc2c1c(=O)n(Cc1nc(C)c3ccccc3n1)c(=O)n2C. The summed E-state index contributed by atoms with van der Waals surface area (Å²) in [5.74, 6) is 6.75. The van der Waals surface area contributed by atoms with Crippen molar-refractivity contribution in [3.63, 3.8) is 0 Å². The summed E-state index contributed by atoms with van der Waals surface area (Å²) in [4.78, 5) is 56.4. The second-order valence-corrected chi connectivity index (χ2v) is 10.7. The number of fused-ring (bicyclic) bond motifs is 2. The number of benzene rings is 2. The molecule has 1 aliphatic heterocycles. The van der Waals surface area contributed by atoms with Crippen LogP contribution < -0.4 is 21.5 Å². The van der Waals surface area contributed by atoms with Crippen LogP contribution in [0.15, 0.2) is 64.2 Å². The summed E-state index contributed by atoms with van der Waals surface area (Å²) in [6, 6.07) is 16.7. The number of hydrogen-bond donors (Lipinski definition) is 1. The first kappa shape index (κ1) is 27.9. The van der Waals surface area contributed by atoms with E-state index in [9.17, 15) is 14.4 Å². The van der Waals surface area contributed by atoms with Crippen molar-refractivity contribution in [3.8, 4) is 11.8 Å². The molecule has 1 atom stereocenters. The molecule has 1 saturated heterocycles. The third kappa shape index (κ3) is 5.28.